The second-order valence-electron chi connectivity index (χ2n) is 7.12. The zero-order chi connectivity index (χ0) is 15.9. The predicted molar refractivity (Wildman–Crippen MR) is 96.1 cm³/mol. The summed E-state index contributed by atoms with van der Waals surface area (Å²) in [5, 5.41) is 6.68. The summed E-state index contributed by atoms with van der Waals surface area (Å²) >= 11 is 0. The second kappa shape index (κ2) is 10.5. The fourth-order valence-electron chi connectivity index (χ4n) is 3.41. The Hall–Kier alpha value is -0.360. The van der Waals surface area contributed by atoms with Crippen LogP contribution in [0.3, 0.4) is 0 Å². The van der Waals surface area contributed by atoms with Crippen LogP contribution in [0.15, 0.2) is 0 Å². The Morgan fingerprint density at radius 1 is 1.30 bits per heavy atom. The summed E-state index contributed by atoms with van der Waals surface area (Å²) in [6.07, 6.45) is 4.38. The maximum absolute atomic E-state index is 12.4. The van der Waals surface area contributed by atoms with E-state index in [0.717, 1.165) is 58.5 Å². The Labute approximate surface area is 147 Å². The molecular weight excluding hydrogens is 314 g/mol. The smallest absolute Gasteiger partial charge is 0.223 e. The van der Waals surface area contributed by atoms with E-state index < -0.39 is 0 Å². The monoisotopic (exact) mass is 347 g/mol. The number of piperidine rings is 2. The van der Waals surface area contributed by atoms with Gasteiger partial charge in [0.1, 0.15) is 0 Å². The molecule has 0 aromatic heterocycles. The van der Waals surface area contributed by atoms with E-state index in [1.807, 2.05) is 0 Å². The third-order valence-electron chi connectivity index (χ3n) is 4.79. The third kappa shape index (κ3) is 7.38. The first-order valence-corrected chi connectivity index (χ1v) is 8.92. The van der Waals surface area contributed by atoms with Crippen molar-refractivity contribution in [3.8, 4) is 0 Å². The molecule has 136 valence electrons. The number of rotatable bonds is 6. The van der Waals surface area contributed by atoms with Gasteiger partial charge in [0.25, 0.3) is 0 Å². The van der Waals surface area contributed by atoms with Crippen LogP contribution >= 0.6 is 12.4 Å². The highest BCUT2D eigenvalue weighted by Gasteiger charge is 2.27. The summed E-state index contributed by atoms with van der Waals surface area (Å²) in [4.78, 5) is 14.8. The largest absolute Gasteiger partial charge is 0.377 e. The minimum atomic E-state index is 0. The average molecular weight is 348 g/mol. The first kappa shape index (κ1) is 20.7. The van der Waals surface area contributed by atoms with Crippen molar-refractivity contribution >= 4 is 18.3 Å². The molecule has 23 heavy (non-hydrogen) atoms. The molecule has 2 aliphatic heterocycles. The number of hydrogen-bond acceptors (Lipinski definition) is 4. The molecular formula is C17H34ClN3O2. The van der Waals surface area contributed by atoms with Crippen molar-refractivity contribution in [2.75, 3.05) is 32.8 Å². The van der Waals surface area contributed by atoms with Crippen molar-refractivity contribution in [2.24, 2.45) is 5.92 Å². The van der Waals surface area contributed by atoms with E-state index in [2.05, 4.69) is 36.3 Å². The van der Waals surface area contributed by atoms with Crippen LogP contribution in [-0.4, -0.2) is 61.8 Å². The number of nitrogens with zero attached hydrogens (tertiary/aromatic N) is 1. The maximum atomic E-state index is 12.4. The Balaban J connectivity index is 0.00000264. The van der Waals surface area contributed by atoms with Gasteiger partial charge in [-0.2, -0.15) is 0 Å². The Morgan fingerprint density at radius 3 is 2.61 bits per heavy atom. The second-order valence-corrected chi connectivity index (χ2v) is 7.12. The number of carbonyl (C=O) groups excluding carboxylic acids is 1. The molecule has 6 heteroatoms. The van der Waals surface area contributed by atoms with Crippen LogP contribution in [0.4, 0.5) is 0 Å². The number of carbonyl (C=O) groups is 1. The van der Waals surface area contributed by atoms with Crippen molar-refractivity contribution in [3.05, 3.63) is 0 Å². The lowest BCUT2D eigenvalue weighted by Crippen LogP contribution is -2.49. The molecule has 0 aromatic rings. The molecule has 0 radical (unpaired) electrons. The van der Waals surface area contributed by atoms with Crippen LogP contribution in [0.2, 0.25) is 0 Å². The lowest BCUT2D eigenvalue weighted by Gasteiger charge is -2.34. The Kier molecular flexibility index (Phi) is 9.44. The summed E-state index contributed by atoms with van der Waals surface area (Å²) in [5.74, 6) is 0.476. The van der Waals surface area contributed by atoms with E-state index >= 15 is 0 Å². The maximum Gasteiger partial charge on any atom is 0.223 e. The summed E-state index contributed by atoms with van der Waals surface area (Å²) in [6, 6.07) is 0.826. The molecule has 2 N–H and O–H groups in total. The number of halogens is 1. The van der Waals surface area contributed by atoms with Crippen LogP contribution < -0.4 is 10.6 Å². The van der Waals surface area contributed by atoms with Crippen LogP contribution in [-0.2, 0) is 9.53 Å². The molecule has 0 saturated carbocycles. The first-order chi connectivity index (χ1) is 10.5. The normalized spacial score (nSPS) is 26.8. The number of likely N-dealkylation sites (tertiary alicyclic amines) is 1. The van der Waals surface area contributed by atoms with Gasteiger partial charge in [-0.15, -0.1) is 12.4 Å². The van der Waals surface area contributed by atoms with E-state index in [1.54, 1.807) is 0 Å². The molecule has 1 amide bonds. The zero-order valence-electron chi connectivity index (χ0n) is 14.8. The van der Waals surface area contributed by atoms with E-state index in [1.165, 1.54) is 0 Å². The number of ether oxygens (including phenoxy) is 1. The van der Waals surface area contributed by atoms with Crippen LogP contribution in [0.5, 0.6) is 0 Å². The summed E-state index contributed by atoms with van der Waals surface area (Å²) in [5.41, 5.74) is 0. The van der Waals surface area contributed by atoms with E-state index in [-0.39, 0.29) is 24.2 Å². The minimum absolute atomic E-state index is 0. The molecule has 0 unspecified atom stereocenters. The molecule has 2 aliphatic rings. The van der Waals surface area contributed by atoms with Gasteiger partial charge in [0, 0.05) is 37.6 Å². The lowest BCUT2D eigenvalue weighted by atomic mass is 9.92. The van der Waals surface area contributed by atoms with Gasteiger partial charge in [-0.25, -0.2) is 0 Å². The standard InChI is InChI=1S/C17H33N3O2.ClH/c1-13(2)22-11-10-20-8-5-16(6-9-20)19-17(21)15-4-7-18-14(3)12-15;/h13-16,18H,4-12H2,1-3H3,(H,19,21);1H/t14-,15-;/m0./s1. The molecule has 0 aliphatic carbocycles. The van der Waals surface area contributed by atoms with Gasteiger partial charge >= 0.3 is 0 Å². The van der Waals surface area contributed by atoms with Crippen molar-refractivity contribution < 1.29 is 9.53 Å². The molecule has 2 saturated heterocycles. The molecule has 5 nitrogen and oxygen atoms in total. The Morgan fingerprint density at radius 2 is 2.00 bits per heavy atom. The van der Waals surface area contributed by atoms with Crippen molar-refractivity contribution in [2.45, 2.75) is 64.6 Å². The molecule has 0 aromatic carbocycles. The lowest BCUT2D eigenvalue weighted by molar-refractivity contribution is -0.127. The summed E-state index contributed by atoms with van der Waals surface area (Å²) in [6.45, 7) is 11.2. The van der Waals surface area contributed by atoms with Crippen molar-refractivity contribution in [3.63, 3.8) is 0 Å². The molecule has 0 spiro atoms. The zero-order valence-corrected chi connectivity index (χ0v) is 15.7. The van der Waals surface area contributed by atoms with Gasteiger partial charge in [0.05, 0.1) is 12.7 Å². The van der Waals surface area contributed by atoms with Gasteiger partial charge in [-0.3, -0.25) is 4.79 Å². The topological polar surface area (TPSA) is 53.6 Å². The molecule has 2 rings (SSSR count). The molecule has 0 bridgehead atoms. The SMILES string of the molecule is CC(C)OCCN1CCC(NC(=O)[C@H]2CCN[C@@H](C)C2)CC1.Cl. The van der Waals surface area contributed by atoms with Crippen LogP contribution in [0.25, 0.3) is 0 Å². The quantitative estimate of drug-likeness (QED) is 0.769. The third-order valence-corrected chi connectivity index (χ3v) is 4.79. The number of hydrogen-bond donors (Lipinski definition) is 2. The highest BCUT2D eigenvalue weighted by Crippen LogP contribution is 2.18. The van der Waals surface area contributed by atoms with Crippen LogP contribution in [0, 0.1) is 5.92 Å². The first-order valence-electron chi connectivity index (χ1n) is 8.92. The highest BCUT2D eigenvalue weighted by atomic mass is 35.5. The fraction of sp³-hybridized carbons (Fsp3) is 0.941. The molecule has 2 fully saturated rings. The average Bonchev–Trinajstić information content (AvgIpc) is 2.48. The Bertz CT molecular complexity index is 347. The van der Waals surface area contributed by atoms with Crippen LogP contribution in [0.1, 0.15) is 46.5 Å². The van der Waals surface area contributed by atoms with Gasteiger partial charge in [0.2, 0.25) is 5.91 Å². The van der Waals surface area contributed by atoms with Crippen molar-refractivity contribution in [1.29, 1.82) is 0 Å². The van der Waals surface area contributed by atoms with Gasteiger partial charge < -0.3 is 20.3 Å². The predicted octanol–water partition coefficient (Wildman–Crippen LogP) is 1.80. The number of amides is 1. The minimum Gasteiger partial charge on any atom is -0.377 e. The summed E-state index contributed by atoms with van der Waals surface area (Å²) in [7, 11) is 0. The van der Waals surface area contributed by atoms with Crippen molar-refractivity contribution in [1.82, 2.24) is 15.5 Å². The fourth-order valence-corrected chi connectivity index (χ4v) is 3.41. The van der Waals surface area contributed by atoms with E-state index in [9.17, 15) is 4.79 Å². The molecule has 2 atom stereocenters. The molecule has 2 heterocycles. The van der Waals surface area contributed by atoms with E-state index in [0.29, 0.717) is 18.2 Å². The van der Waals surface area contributed by atoms with E-state index in [4.69, 9.17) is 4.74 Å². The summed E-state index contributed by atoms with van der Waals surface area (Å²) < 4.78 is 5.61. The van der Waals surface area contributed by atoms with Gasteiger partial charge in [-0.05, 0) is 53.0 Å². The van der Waals surface area contributed by atoms with Gasteiger partial charge in [0.15, 0.2) is 0 Å². The number of nitrogens with one attached hydrogen (secondary N) is 2. The van der Waals surface area contributed by atoms with Gasteiger partial charge in [-0.1, -0.05) is 0 Å². The highest BCUT2D eigenvalue weighted by molar-refractivity contribution is 5.85.